The maximum atomic E-state index is 11.8. The largest absolute Gasteiger partial charge is 0.411 e. The van der Waals surface area contributed by atoms with Gasteiger partial charge in [-0.25, -0.2) is 0 Å². The molecule has 0 unspecified atom stereocenters. The van der Waals surface area contributed by atoms with Crippen LogP contribution in [0, 0.1) is 5.41 Å². The summed E-state index contributed by atoms with van der Waals surface area (Å²) in [5.41, 5.74) is 0.195. The van der Waals surface area contributed by atoms with E-state index in [0.717, 1.165) is 25.8 Å². The van der Waals surface area contributed by atoms with E-state index in [-0.39, 0.29) is 12.0 Å². The number of halogens is 3. The SMILES string of the molecule is CNCC1(CCOCC(F)(F)F)CCC1. The molecular weight excluding hydrogens is 207 g/mol. The van der Waals surface area contributed by atoms with Gasteiger partial charge >= 0.3 is 6.18 Å². The molecule has 0 heterocycles. The lowest BCUT2D eigenvalue weighted by Gasteiger charge is -2.42. The number of nitrogens with one attached hydrogen (secondary N) is 1. The zero-order valence-electron chi connectivity index (χ0n) is 8.99. The van der Waals surface area contributed by atoms with Crippen LogP contribution in [0.15, 0.2) is 0 Å². The van der Waals surface area contributed by atoms with Crippen molar-refractivity contribution in [3.63, 3.8) is 0 Å². The Hall–Kier alpha value is -0.290. The minimum Gasteiger partial charge on any atom is -0.372 e. The van der Waals surface area contributed by atoms with Crippen LogP contribution < -0.4 is 5.32 Å². The average Bonchev–Trinajstić information content (AvgIpc) is 2.06. The predicted molar refractivity (Wildman–Crippen MR) is 51.7 cm³/mol. The third-order valence-corrected chi connectivity index (χ3v) is 3.01. The summed E-state index contributed by atoms with van der Waals surface area (Å²) < 4.78 is 40.0. The summed E-state index contributed by atoms with van der Waals surface area (Å²) in [4.78, 5) is 0. The maximum Gasteiger partial charge on any atom is 0.411 e. The van der Waals surface area contributed by atoms with Gasteiger partial charge in [0.1, 0.15) is 6.61 Å². The second-order valence-electron chi connectivity index (χ2n) is 4.30. The molecule has 1 rings (SSSR count). The first-order valence-corrected chi connectivity index (χ1v) is 5.27. The summed E-state index contributed by atoms with van der Waals surface area (Å²) >= 11 is 0. The van der Waals surface area contributed by atoms with Gasteiger partial charge < -0.3 is 10.1 Å². The maximum absolute atomic E-state index is 11.8. The highest BCUT2D eigenvalue weighted by atomic mass is 19.4. The molecule has 2 nitrogen and oxygen atoms in total. The van der Waals surface area contributed by atoms with Crippen molar-refractivity contribution in [2.75, 3.05) is 26.8 Å². The Morgan fingerprint density at radius 2 is 2.00 bits per heavy atom. The normalized spacial score (nSPS) is 20.0. The summed E-state index contributed by atoms with van der Waals surface area (Å²) in [6, 6.07) is 0. The van der Waals surface area contributed by atoms with E-state index in [9.17, 15) is 13.2 Å². The number of hydrogen-bond donors (Lipinski definition) is 1. The van der Waals surface area contributed by atoms with Gasteiger partial charge in [0.15, 0.2) is 0 Å². The van der Waals surface area contributed by atoms with Crippen LogP contribution in [0.3, 0.4) is 0 Å². The lowest BCUT2D eigenvalue weighted by atomic mass is 9.67. The van der Waals surface area contributed by atoms with Gasteiger partial charge in [0.25, 0.3) is 0 Å². The molecule has 15 heavy (non-hydrogen) atoms. The molecule has 0 aliphatic heterocycles. The molecule has 5 heteroatoms. The van der Waals surface area contributed by atoms with Gasteiger partial charge in [0.05, 0.1) is 0 Å². The Morgan fingerprint density at radius 3 is 2.40 bits per heavy atom. The molecule has 0 aromatic rings. The van der Waals surface area contributed by atoms with Crippen molar-refractivity contribution in [2.24, 2.45) is 5.41 Å². The molecule has 0 aromatic carbocycles. The van der Waals surface area contributed by atoms with Gasteiger partial charge in [-0.2, -0.15) is 13.2 Å². The fourth-order valence-electron chi connectivity index (χ4n) is 2.04. The third kappa shape index (κ3) is 4.38. The summed E-state index contributed by atoms with van der Waals surface area (Å²) in [5, 5.41) is 3.09. The molecule has 1 aliphatic carbocycles. The van der Waals surface area contributed by atoms with E-state index >= 15 is 0 Å². The van der Waals surface area contributed by atoms with Gasteiger partial charge in [-0.3, -0.25) is 0 Å². The Morgan fingerprint density at radius 1 is 1.33 bits per heavy atom. The van der Waals surface area contributed by atoms with E-state index in [1.165, 1.54) is 6.42 Å². The molecule has 0 amide bonds. The van der Waals surface area contributed by atoms with Crippen molar-refractivity contribution in [1.29, 1.82) is 0 Å². The van der Waals surface area contributed by atoms with Crippen LogP contribution in [0.1, 0.15) is 25.7 Å². The Kier molecular flexibility index (Phi) is 4.40. The predicted octanol–water partition coefficient (Wildman–Crippen LogP) is 2.35. The smallest absolute Gasteiger partial charge is 0.372 e. The molecule has 0 saturated heterocycles. The number of alkyl halides is 3. The Bertz CT molecular complexity index is 190. The molecule has 0 aromatic heterocycles. The minimum atomic E-state index is -4.20. The highest BCUT2D eigenvalue weighted by Crippen LogP contribution is 2.43. The van der Waals surface area contributed by atoms with Crippen molar-refractivity contribution in [3.05, 3.63) is 0 Å². The highest BCUT2D eigenvalue weighted by Gasteiger charge is 2.36. The van der Waals surface area contributed by atoms with Crippen LogP contribution in [-0.4, -0.2) is 33.0 Å². The Labute approximate surface area is 88.2 Å². The van der Waals surface area contributed by atoms with Crippen molar-refractivity contribution in [2.45, 2.75) is 31.9 Å². The van der Waals surface area contributed by atoms with Crippen LogP contribution in [0.25, 0.3) is 0 Å². The molecule has 0 radical (unpaired) electrons. The van der Waals surface area contributed by atoms with Crippen molar-refractivity contribution < 1.29 is 17.9 Å². The van der Waals surface area contributed by atoms with Crippen LogP contribution in [0.2, 0.25) is 0 Å². The summed E-state index contributed by atoms with van der Waals surface area (Å²) in [6.45, 7) is -0.0355. The van der Waals surface area contributed by atoms with Gasteiger partial charge in [0.2, 0.25) is 0 Å². The molecule has 1 saturated carbocycles. The van der Waals surface area contributed by atoms with E-state index in [1.54, 1.807) is 0 Å². The summed E-state index contributed by atoms with van der Waals surface area (Å²) in [7, 11) is 1.87. The van der Waals surface area contributed by atoms with Crippen molar-refractivity contribution in [1.82, 2.24) is 5.32 Å². The number of hydrogen-bond acceptors (Lipinski definition) is 2. The molecule has 1 N–H and O–H groups in total. The zero-order chi connectivity index (χ0) is 11.4. The van der Waals surface area contributed by atoms with Crippen LogP contribution >= 0.6 is 0 Å². The molecule has 90 valence electrons. The first-order valence-electron chi connectivity index (χ1n) is 5.27. The molecule has 0 atom stereocenters. The molecule has 0 bridgehead atoms. The number of ether oxygens (including phenoxy) is 1. The average molecular weight is 225 g/mol. The highest BCUT2D eigenvalue weighted by molar-refractivity contribution is 4.88. The quantitative estimate of drug-likeness (QED) is 0.700. The van der Waals surface area contributed by atoms with Crippen LogP contribution in [-0.2, 0) is 4.74 Å². The van der Waals surface area contributed by atoms with Crippen molar-refractivity contribution >= 4 is 0 Å². The van der Waals surface area contributed by atoms with E-state index in [2.05, 4.69) is 10.1 Å². The van der Waals surface area contributed by atoms with Gasteiger partial charge in [-0.15, -0.1) is 0 Å². The lowest BCUT2D eigenvalue weighted by Crippen LogP contribution is -2.39. The van der Waals surface area contributed by atoms with E-state index in [0.29, 0.717) is 0 Å². The van der Waals surface area contributed by atoms with Gasteiger partial charge in [0, 0.05) is 13.2 Å². The minimum absolute atomic E-state index is 0.195. The summed E-state index contributed by atoms with van der Waals surface area (Å²) in [5.74, 6) is 0. The van der Waals surface area contributed by atoms with E-state index < -0.39 is 12.8 Å². The molecular formula is C10H18F3NO. The van der Waals surface area contributed by atoms with Crippen molar-refractivity contribution in [3.8, 4) is 0 Å². The summed E-state index contributed by atoms with van der Waals surface area (Å²) in [6.07, 6.45) is -0.0902. The third-order valence-electron chi connectivity index (χ3n) is 3.01. The second kappa shape index (κ2) is 5.16. The Balaban J connectivity index is 2.13. The first kappa shape index (κ1) is 12.8. The lowest BCUT2D eigenvalue weighted by molar-refractivity contribution is -0.176. The van der Waals surface area contributed by atoms with Crippen LogP contribution in [0.4, 0.5) is 13.2 Å². The monoisotopic (exact) mass is 225 g/mol. The van der Waals surface area contributed by atoms with E-state index in [1.807, 2.05) is 7.05 Å². The molecule has 1 fully saturated rings. The topological polar surface area (TPSA) is 21.3 Å². The fraction of sp³-hybridized carbons (Fsp3) is 1.00. The van der Waals surface area contributed by atoms with Crippen LogP contribution in [0.5, 0.6) is 0 Å². The van der Waals surface area contributed by atoms with E-state index in [4.69, 9.17) is 0 Å². The standard InChI is InChI=1S/C10H18F3NO/c1-14-7-9(3-2-4-9)5-6-15-8-10(11,12)13/h14H,2-8H2,1H3. The van der Waals surface area contributed by atoms with Gasteiger partial charge in [-0.1, -0.05) is 6.42 Å². The molecule has 1 aliphatic rings. The molecule has 0 spiro atoms. The fourth-order valence-corrected chi connectivity index (χ4v) is 2.04. The number of rotatable bonds is 6. The second-order valence-corrected chi connectivity index (χ2v) is 4.30. The van der Waals surface area contributed by atoms with Gasteiger partial charge in [-0.05, 0) is 31.7 Å². The first-order chi connectivity index (χ1) is 6.97. The zero-order valence-corrected chi connectivity index (χ0v) is 8.99.